The van der Waals surface area contributed by atoms with Gasteiger partial charge in [0.15, 0.2) is 0 Å². The fourth-order valence-electron chi connectivity index (χ4n) is 1.55. The molecule has 4 nitrogen and oxygen atoms in total. The number of amides is 1. The molecule has 0 aliphatic heterocycles. The van der Waals surface area contributed by atoms with Crippen molar-refractivity contribution in [2.24, 2.45) is 5.73 Å². The van der Waals surface area contributed by atoms with Crippen LogP contribution in [0.3, 0.4) is 0 Å². The molecule has 4 heteroatoms. The minimum atomic E-state index is -0.500. The molecule has 0 aliphatic rings. The molecule has 1 amide bonds. The number of aliphatic hydroxyl groups is 1. The summed E-state index contributed by atoms with van der Waals surface area (Å²) >= 11 is 0. The van der Waals surface area contributed by atoms with E-state index in [2.05, 4.69) is 5.32 Å². The van der Waals surface area contributed by atoms with Crippen molar-refractivity contribution < 1.29 is 9.90 Å². The molecule has 1 aromatic rings. The van der Waals surface area contributed by atoms with Gasteiger partial charge in [-0.1, -0.05) is 37.3 Å². The van der Waals surface area contributed by atoms with Gasteiger partial charge >= 0.3 is 0 Å². The van der Waals surface area contributed by atoms with Crippen molar-refractivity contribution >= 4 is 5.91 Å². The average Bonchev–Trinajstić information content (AvgIpc) is 2.38. The first-order valence-electron chi connectivity index (χ1n) is 5.88. The van der Waals surface area contributed by atoms with Crippen LogP contribution >= 0.6 is 0 Å². The molecule has 4 N–H and O–H groups in total. The van der Waals surface area contributed by atoms with Crippen LogP contribution in [0.2, 0.25) is 0 Å². The first kappa shape index (κ1) is 13.7. The molecule has 0 aromatic heterocycles. The fourth-order valence-corrected chi connectivity index (χ4v) is 1.55. The number of benzene rings is 1. The molecular weight excluding hydrogens is 216 g/mol. The molecule has 1 rings (SSSR count). The van der Waals surface area contributed by atoms with Gasteiger partial charge in [-0.25, -0.2) is 0 Å². The van der Waals surface area contributed by atoms with Gasteiger partial charge in [0.2, 0.25) is 5.91 Å². The maximum Gasteiger partial charge on any atom is 0.237 e. The van der Waals surface area contributed by atoms with Crippen LogP contribution in [-0.2, 0) is 11.2 Å². The van der Waals surface area contributed by atoms with E-state index in [-0.39, 0.29) is 18.6 Å². The van der Waals surface area contributed by atoms with Gasteiger partial charge in [0.05, 0.1) is 18.7 Å². The van der Waals surface area contributed by atoms with Crippen molar-refractivity contribution in [1.82, 2.24) is 5.32 Å². The molecule has 94 valence electrons. The SMILES string of the molecule is CC[C@@H](N)C(=O)N[C@H](CO)Cc1ccccc1. The van der Waals surface area contributed by atoms with Crippen LogP contribution < -0.4 is 11.1 Å². The molecule has 1 aromatic carbocycles. The van der Waals surface area contributed by atoms with Crippen molar-refractivity contribution in [2.75, 3.05) is 6.61 Å². The van der Waals surface area contributed by atoms with Gasteiger partial charge in [-0.05, 0) is 18.4 Å². The first-order chi connectivity index (χ1) is 8.17. The van der Waals surface area contributed by atoms with E-state index in [1.54, 1.807) is 0 Å². The molecule has 0 spiro atoms. The maximum atomic E-state index is 11.6. The third-order valence-electron chi connectivity index (χ3n) is 2.67. The summed E-state index contributed by atoms with van der Waals surface area (Å²) in [6.45, 7) is 1.77. The molecule has 0 heterocycles. The zero-order valence-electron chi connectivity index (χ0n) is 10.1. The molecule has 0 radical (unpaired) electrons. The highest BCUT2D eigenvalue weighted by molar-refractivity contribution is 5.81. The summed E-state index contributed by atoms with van der Waals surface area (Å²) in [5.74, 6) is -0.206. The standard InChI is InChI=1S/C13H20N2O2/c1-2-12(14)13(17)15-11(9-16)8-10-6-4-3-5-7-10/h3-7,11-12,16H,2,8-9,14H2,1H3,(H,15,17)/t11-,12+/m0/s1. The van der Waals surface area contributed by atoms with Crippen molar-refractivity contribution in [3.63, 3.8) is 0 Å². The Balaban J connectivity index is 2.52. The van der Waals surface area contributed by atoms with Crippen molar-refractivity contribution in [2.45, 2.75) is 31.8 Å². The van der Waals surface area contributed by atoms with E-state index in [9.17, 15) is 9.90 Å². The van der Waals surface area contributed by atoms with Gasteiger partial charge in [-0.3, -0.25) is 4.79 Å². The largest absolute Gasteiger partial charge is 0.394 e. The van der Waals surface area contributed by atoms with E-state index in [0.29, 0.717) is 12.8 Å². The molecule has 17 heavy (non-hydrogen) atoms. The highest BCUT2D eigenvalue weighted by Crippen LogP contribution is 2.03. The Morgan fingerprint density at radius 3 is 2.59 bits per heavy atom. The molecular formula is C13H20N2O2. The lowest BCUT2D eigenvalue weighted by Gasteiger charge is -2.18. The van der Waals surface area contributed by atoms with Crippen molar-refractivity contribution in [1.29, 1.82) is 0 Å². The molecule has 0 saturated carbocycles. The van der Waals surface area contributed by atoms with Gasteiger partial charge in [0.25, 0.3) is 0 Å². The predicted octanol–water partition coefficient (Wildman–Crippen LogP) is 0.444. The Morgan fingerprint density at radius 2 is 2.06 bits per heavy atom. The van der Waals surface area contributed by atoms with Crippen molar-refractivity contribution in [3.05, 3.63) is 35.9 Å². The normalized spacial score (nSPS) is 14.1. The lowest BCUT2D eigenvalue weighted by atomic mass is 10.1. The summed E-state index contributed by atoms with van der Waals surface area (Å²) in [6.07, 6.45) is 1.20. The van der Waals surface area contributed by atoms with Crippen LogP contribution in [-0.4, -0.2) is 29.7 Å². The second kappa shape index (κ2) is 7.04. The zero-order valence-corrected chi connectivity index (χ0v) is 10.1. The smallest absolute Gasteiger partial charge is 0.237 e. The monoisotopic (exact) mass is 236 g/mol. The molecule has 2 atom stereocenters. The average molecular weight is 236 g/mol. The minimum Gasteiger partial charge on any atom is -0.394 e. The van der Waals surface area contributed by atoms with E-state index in [0.717, 1.165) is 5.56 Å². The van der Waals surface area contributed by atoms with Crippen LogP contribution in [0.1, 0.15) is 18.9 Å². The highest BCUT2D eigenvalue weighted by atomic mass is 16.3. The number of rotatable bonds is 6. The Morgan fingerprint density at radius 1 is 1.41 bits per heavy atom. The summed E-state index contributed by atoms with van der Waals surface area (Å²) in [5.41, 5.74) is 6.70. The summed E-state index contributed by atoms with van der Waals surface area (Å²) in [5, 5.41) is 12.0. The minimum absolute atomic E-state index is 0.0862. The quantitative estimate of drug-likeness (QED) is 0.671. The number of hydrogen-bond donors (Lipinski definition) is 3. The van der Waals surface area contributed by atoms with Gasteiger partial charge in [0.1, 0.15) is 0 Å². The van der Waals surface area contributed by atoms with Crippen LogP contribution in [0.15, 0.2) is 30.3 Å². The number of hydrogen-bond acceptors (Lipinski definition) is 3. The molecule has 0 unspecified atom stereocenters. The summed E-state index contributed by atoms with van der Waals surface area (Å²) < 4.78 is 0. The van der Waals surface area contributed by atoms with E-state index in [4.69, 9.17) is 5.73 Å². The lowest BCUT2D eigenvalue weighted by molar-refractivity contribution is -0.123. The summed E-state index contributed by atoms with van der Waals surface area (Å²) in [6, 6.07) is 8.96. The number of carbonyl (C=O) groups excluding carboxylic acids is 1. The maximum absolute atomic E-state index is 11.6. The number of aliphatic hydroxyl groups excluding tert-OH is 1. The highest BCUT2D eigenvalue weighted by Gasteiger charge is 2.16. The second-order valence-corrected chi connectivity index (χ2v) is 4.09. The van der Waals surface area contributed by atoms with Crippen LogP contribution in [0.4, 0.5) is 0 Å². The Kier molecular flexibility index (Phi) is 5.66. The topological polar surface area (TPSA) is 75.4 Å². The number of carbonyl (C=O) groups is 1. The Hall–Kier alpha value is -1.39. The van der Waals surface area contributed by atoms with Crippen LogP contribution in [0, 0.1) is 0 Å². The Bertz CT molecular complexity index is 341. The fraction of sp³-hybridized carbons (Fsp3) is 0.462. The van der Waals surface area contributed by atoms with E-state index < -0.39 is 6.04 Å². The summed E-state index contributed by atoms with van der Waals surface area (Å²) in [4.78, 5) is 11.6. The van der Waals surface area contributed by atoms with Crippen LogP contribution in [0.5, 0.6) is 0 Å². The third kappa shape index (κ3) is 4.54. The number of nitrogens with two attached hydrogens (primary N) is 1. The lowest BCUT2D eigenvalue weighted by Crippen LogP contribution is -2.47. The Labute approximate surface area is 102 Å². The van der Waals surface area contributed by atoms with E-state index in [1.165, 1.54) is 0 Å². The van der Waals surface area contributed by atoms with Crippen LogP contribution in [0.25, 0.3) is 0 Å². The van der Waals surface area contributed by atoms with Gasteiger partial charge in [-0.2, -0.15) is 0 Å². The predicted molar refractivity (Wildman–Crippen MR) is 67.4 cm³/mol. The third-order valence-corrected chi connectivity index (χ3v) is 2.67. The molecule has 0 bridgehead atoms. The number of nitrogens with one attached hydrogen (secondary N) is 1. The summed E-state index contributed by atoms with van der Waals surface area (Å²) in [7, 11) is 0. The molecule has 0 saturated heterocycles. The molecule has 0 aliphatic carbocycles. The zero-order chi connectivity index (χ0) is 12.7. The van der Waals surface area contributed by atoms with Gasteiger partial charge in [-0.15, -0.1) is 0 Å². The second-order valence-electron chi connectivity index (χ2n) is 4.09. The first-order valence-corrected chi connectivity index (χ1v) is 5.88. The van der Waals surface area contributed by atoms with Gasteiger partial charge < -0.3 is 16.2 Å². The van der Waals surface area contributed by atoms with E-state index in [1.807, 2.05) is 37.3 Å². The van der Waals surface area contributed by atoms with E-state index >= 15 is 0 Å². The van der Waals surface area contributed by atoms with Gasteiger partial charge in [0, 0.05) is 0 Å². The molecule has 0 fully saturated rings. The van der Waals surface area contributed by atoms with Crippen molar-refractivity contribution in [3.8, 4) is 0 Å².